The molecular weight excluding hydrogens is 296 g/mol. The van der Waals surface area contributed by atoms with Crippen LogP contribution in [0, 0.1) is 20.8 Å². The van der Waals surface area contributed by atoms with Crippen LogP contribution < -0.4 is 5.32 Å². The van der Waals surface area contributed by atoms with Gasteiger partial charge < -0.3 is 5.32 Å². The maximum Gasteiger partial charge on any atom is 0.213 e. The van der Waals surface area contributed by atoms with Gasteiger partial charge >= 0.3 is 0 Å². The van der Waals surface area contributed by atoms with E-state index in [1.165, 1.54) is 12.3 Å². The zero-order chi connectivity index (χ0) is 10.4. The average Bonchev–Trinajstić information content (AvgIpc) is 2.15. The monoisotopic (exact) mass is 305 g/mol. The molecule has 5 heteroatoms. The highest BCUT2D eigenvalue weighted by Crippen LogP contribution is 2.11. The second kappa shape index (κ2) is 5.88. The first-order valence-electron chi connectivity index (χ1n) is 4.11. The van der Waals surface area contributed by atoms with Crippen molar-refractivity contribution < 1.29 is 4.39 Å². The molecule has 3 nitrogen and oxygen atoms in total. The molecule has 1 N–H and O–H groups in total. The molecule has 0 atom stereocenters. The standard InChI is InChI=1S/C9H9FIN3/c10-9-4-8(11)7(6-14-9)5-13-3-1-2-12/h4,6,13H,1,3,5H2. The van der Waals surface area contributed by atoms with Gasteiger partial charge in [0.05, 0.1) is 6.07 Å². The minimum atomic E-state index is -0.463. The van der Waals surface area contributed by atoms with Crippen LogP contribution in [0.2, 0.25) is 0 Å². The Kier molecular flexibility index (Phi) is 4.76. The van der Waals surface area contributed by atoms with Gasteiger partial charge in [-0.3, -0.25) is 0 Å². The summed E-state index contributed by atoms with van der Waals surface area (Å²) in [5, 5.41) is 11.4. The number of aromatic nitrogens is 1. The molecule has 0 saturated heterocycles. The normalized spacial score (nSPS) is 9.79. The molecule has 1 rings (SSSR count). The van der Waals surface area contributed by atoms with E-state index in [0.29, 0.717) is 19.5 Å². The summed E-state index contributed by atoms with van der Waals surface area (Å²) in [6, 6.07) is 3.43. The number of hydrogen-bond acceptors (Lipinski definition) is 3. The lowest BCUT2D eigenvalue weighted by Gasteiger charge is -2.04. The Bertz CT molecular complexity index is 348. The molecule has 0 unspecified atom stereocenters. The van der Waals surface area contributed by atoms with Crippen LogP contribution in [0.4, 0.5) is 4.39 Å². The summed E-state index contributed by atoms with van der Waals surface area (Å²) >= 11 is 2.06. The Labute approximate surface area is 95.5 Å². The highest BCUT2D eigenvalue weighted by atomic mass is 127. The summed E-state index contributed by atoms with van der Waals surface area (Å²) in [6.45, 7) is 1.26. The van der Waals surface area contributed by atoms with Crippen molar-refractivity contribution >= 4 is 22.6 Å². The first kappa shape index (κ1) is 11.3. The molecule has 0 spiro atoms. The third-order valence-electron chi connectivity index (χ3n) is 1.63. The smallest absolute Gasteiger partial charge is 0.213 e. The number of rotatable bonds is 4. The van der Waals surface area contributed by atoms with E-state index >= 15 is 0 Å². The first-order valence-corrected chi connectivity index (χ1v) is 5.19. The molecule has 0 fully saturated rings. The Morgan fingerprint density at radius 2 is 2.43 bits per heavy atom. The number of nitriles is 1. The molecule has 0 radical (unpaired) electrons. The van der Waals surface area contributed by atoms with Gasteiger partial charge in [-0.25, -0.2) is 4.98 Å². The van der Waals surface area contributed by atoms with Crippen LogP contribution in [-0.2, 0) is 6.54 Å². The lowest BCUT2D eigenvalue weighted by molar-refractivity contribution is 0.578. The number of nitrogens with one attached hydrogen (secondary N) is 1. The molecule has 0 aliphatic carbocycles. The van der Waals surface area contributed by atoms with Gasteiger partial charge in [0.2, 0.25) is 5.95 Å². The molecule has 14 heavy (non-hydrogen) atoms. The van der Waals surface area contributed by atoms with Gasteiger partial charge in [0.25, 0.3) is 0 Å². The van der Waals surface area contributed by atoms with E-state index in [9.17, 15) is 4.39 Å². The summed E-state index contributed by atoms with van der Waals surface area (Å²) in [6.07, 6.45) is 1.99. The third kappa shape index (κ3) is 3.55. The van der Waals surface area contributed by atoms with E-state index in [1.807, 2.05) is 6.07 Å². The van der Waals surface area contributed by atoms with Crippen molar-refractivity contribution in [1.82, 2.24) is 10.3 Å². The molecule has 0 aliphatic rings. The molecule has 0 aromatic carbocycles. The fourth-order valence-electron chi connectivity index (χ4n) is 0.933. The highest BCUT2D eigenvalue weighted by Gasteiger charge is 2.01. The fourth-order valence-corrected chi connectivity index (χ4v) is 1.52. The van der Waals surface area contributed by atoms with Gasteiger partial charge in [-0.15, -0.1) is 0 Å². The summed E-state index contributed by atoms with van der Waals surface area (Å²) in [5.74, 6) is -0.463. The van der Waals surface area contributed by atoms with Gasteiger partial charge in [-0.2, -0.15) is 9.65 Å². The Morgan fingerprint density at radius 3 is 3.07 bits per heavy atom. The fraction of sp³-hybridized carbons (Fsp3) is 0.333. The summed E-state index contributed by atoms with van der Waals surface area (Å²) in [7, 11) is 0. The molecule has 1 heterocycles. The van der Waals surface area contributed by atoms with Crippen molar-refractivity contribution in [3.63, 3.8) is 0 Å². The molecular formula is C9H9FIN3. The van der Waals surface area contributed by atoms with Crippen LogP contribution in [0.1, 0.15) is 12.0 Å². The lowest BCUT2D eigenvalue weighted by atomic mass is 10.3. The summed E-state index contributed by atoms with van der Waals surface area (Å²) in [5.41, 5.74) is 0.949. The predicted molar refractivity (Wildman–Crippen MR) is 58.8 cm³/mol. The maximum absolute atomic E-state index is 12.6. The SMILES string of the molecule is N#CCCNCc1cnc(F)cc1I. The molecule has 0 amide bonds. The van der Waals surface area contributed by atoms with Crippen LogP contribution >= 0.6 is 22.6 Å². The minimum Gasteiger partial charge on any atom is -0.312 e. The van der Waals surface area contributed by atoms with Crippen LogP contribution in [0.15, 0.2) is 12.3 Å². The summed E-state index contributed by atoms with van der Waals surface area (Å²) in [4.78, 5) is 3.56. The first-order chi connectivity index (χ1) is 6.74. The number of halogens is 2. The summed E-state index contributed by atoms with van der Waals surface area (Å²) < 4.78 is 13.5. The molecule has 0 bridgehead atoms. The van der Waals surface area contributed by atoms with E-state index < -0.39 is 5.95 Å². The zero-order valence-electron chi connectivity index (χ0n) is 7.43. The van der Waals surface area contributed by atoms with Gasteiger partial charge in [0.15, 0.2) is 0 Å². The lowest BCUT2D eigenvalue weighted by Crippen LogP contribution is -2.15. The van der Waals surface area contributed by atoms with Crippen LogP contribution in [-0.4, -0.2) is 11.5 Å². The van der Waals surface area contributed by atoms with Crippen LogP contribution in [0.3, 0.4) is 0 Å². The Balaban J connectivity index is 2.47. The maximum atomic E-state index is 12.6. The van der Waals surface area contributed by atoms with Gasteiger partial charge in [0.1, 0.15) is 0 Å². The highest BCUT2D eigenvalue weighted by molar-refractivity contribution is 14.1. The molecule has 0 aliphatic heterocycles. The van der Waals surface area contributed by atoms with Gasteiger partial charge in [-0.05, 0) is 28.2 Å². The largest absolute Gasteiger partial charge is 0.312 e. The van der Waals surface area contributed by atoms with E-state index in [-0.39, 0.29) is 0 Å². The minimum absolute atomic E-state index is 0.463. The number of pyridine rings is 1. The second-order valence-electron chi connectivity index (χ2n) is 2.68. The van der Waals surface area contributed by atoms with E-state index in [1.54, 1.807) is 0 Å². The van der Waals surface area contributed by atoms with E-state index in [2.05, 4.69) is 32.9 Å². The van der Waals surface area contributed by atoms with E-state index in [4.69, 9.17) is 5.26 Å². The van der Waals surface area contributed by atoms with Gasteiger partial charge in [0, 0.05) is 35.3 Å². The number of hydrogen-bond donors (Lipinski definition) is 1. The molecule has 1 aromatic rings. The number of nitrogens with zero attached hydrogens (tertiary/aromatic N) is 2. The Hall–Kier alpha value is -0.740. The van der Waals surface area contributed by atoms with E-state index in [0.717, 1.165) is 9.13 Å². The van der Waals surface area contributed by atoms with Gasteiger partial charge in [-0.1, -0.05) is 0 Å². The van der Waals surface area contributed by atoms with Crippen LogP contribution in [0.5, 0.6) is 0 Å². The zero-order valence-corrected chi connectivity index (χ0v) is 9.58. The van der Waals surface area contributed by atoms with Crippen molar-refractivity contribution in [2.24, 2.45) is 0 Å². The second-order valence-corrected chi connectivity index (χ2v) is 3.85. The predicted octanol–water partition coefficient (Wildman–Crippen LogP) is 1.83. The van der Waals surface area contributed by atoms with Crippen LogP contribution in [0.25, 0.3) is 0 Å². The van der Waals surface area contributed by atoms with Crippen molar-refractivity contribution in [2.75, 3.05) is 6.54 Å². The van der Waals surface area contributed by atoms with Crippen molar-refractivity contribution in [1.29, 1.82) is 5.26 Å². The van der Waals surface area contributed by atoms with Crippen molar-refractivity contribution in [2.45, 2.75) is 13.0 Å². The van der Waals surface area contributed by atoms with Crippen molar-refractivity contribution in [3.8, 4) is 6.07 Å². The average molecular weight is 305 g/mol. The van der Waals surface area contributed by atoms with Crippen molar-refractivity contribution in [3.05, 3.63) is 27.3 Å². The third-order valence-corrected chi connectivity index (χ3v) is 2.63. The quantitative estimate of drug-likeness (QED) is 0.524. The molecule has 1 aromatic heterocycles. The molecule has 74 valence electrons. The Morgan fingerprint density at radius 1 is 1.64 bits per heavy atom. The molecule has 0 saturated carbocycles. The topological polar surface area (TPSA) is 48.7 Å².